The zero-order valence-electron chi connectivity index (χ0n) is 11.0. The number of carbonyl (C=O) groups excluding carboxylic acids is 1. The minimum absolute atomic E-state index is 0.144. The van der Waals surface area contributed by atoms with Gasteiger partial charge < -0.3 is 10.6 Å². The summed E-state index contributed by atoms with van der Waals surface area (Å²) in [4.78, 5) is 13.5. The third kappa shape index (κ3) is 2.87. The molecule has 0 radical (unpaired) electrons. The summed E-state index contributed by atoms with van der Waals surface area (Å²) in [5.41, 5.74) is 0.686. The molecule has 0 unspecified atom stereocenters. The van der Waals surface area contributed by atoms with Crippen molar-refractivity contribution in [1.82, 2.24) is 5.32 Å². The fraction of sp³-hybridized carbons (Fsp3) is 0.500. The Kier molecular flexibility index (Phi) is 4.30. The highest BCUT2D eigenvalue weighted by Crippen LogP contribution is 2.31. The molecule has 1 aliphatic rings. The van der Waals surface area contributed by atoms with Gasteiger partial charge in [-0.3, -0.25) is 4.79 Å². The molecule has 18 heavy (non-hydrogen) atoms. The molecule has 0 saturated carbocycles. The van der Waals surface area contributed by atoms with E-state index in [2.05, 4.69) is 17.6 Å². The maximum atomic E-state index is 12.4. The van der Waals surface area contributed by atoms with Gasteiger partial charge in [-0.25, -0.2) is 0 Å². The van der Waals surface area contributed by atoms with Crippen LogP contribution in [0.25, 0.3) is 0 Å². The van der Waals surface area contributed by atoms with Crippen LogP contribution < -0.4 is 10.6 Å². The maximum absolute atomic E-state index is 12.4. The summed E-state index contributed by atoms with van der Waals surface area (Å²) >= 11 is 1.66. The summed E-state index contributed by atoms with van der Waals surface area (Å²) < 4.78 is 0. The molecular weight excluding hydrogens is 244 g/mol. The van der Waals surface area contributed by atoms with Crippen LogP contribution in [0.5, 0.6) is 0 Å². The average molecular weight is 264 g/mol. The largest absolute Gasteiger partial charge is 0.325 e. The molecule has 2 N–H and O–H groups in total. The van der Waals surface area contributed by atoms with Crippen molar-refractivity contribution in [3.05, 3.63) is 24.3 Å². The first-order valence-electron chi connectivity index (χ1n) is 6.31. The molecule has 1 aliphatic heterocycles. The van der Waals surface area contributed by atoms with Gasteiger partial charge in [0.25, 0.3) is 0 Å². The van der Waals surface area contributed by atoms with Crippen molar-refractivity contribution in [1.29, 1.82) is 0 Å². The second kappa shape index (κ2) is 5.76. The highest BCUT2D eigenvalue weighted by atomic mass is 32.2. The zero-order chi connectivity index (χ0) is 13.0. The van der Waals surface area contributed by atoms with Crippen molar-refractivity contribution >= 4 is 23.4 Å². The topological polar surface area (TPSA) is 41.1 Å². The van der Waals surface area contributed by atoms with E-state index in [4.69, 9.17) is 0 Å². The molecule has 0 aliphatic carbocycles. The Morgan fingerprint density at radius 3 is 2.67 bits per heavy atom. The number of hydrogen-bond donors (Lipinski definition) is 2. The Balaban J connectivity index is 2.10. The van der Waals surface area contributed by atoms with E-state index in [1.54, 1.807) is 11.8 Å². The summed E-state index contributed by atoms with van der Waals surface area (Å²) in [7, 11) is 0. The lowest BCUT2D eigenvalue weighted by Gasteiger charge is -2.32. The molecule has 98 valence electrons. The van der Waals surface area contributed by atoms with Gasteiger partial charge in [-0.15, -0.1) is 11.8 Å². The first-order chi connectivity index (χ1) is 8.65. The van der Waals surface area contributed by atoms with Gasteiger partial charge in [0.1, 0.15) is 0 Å². The normalized spacial score (nSPS) is 18.3. The second-order valence-electron chi connectivity index (χ2n) is 4.97. The third-order valence-corrected chi connectivity index (χ3v) is 4.41. The van der Waals surface area contributed by atoms with Crippen LogP contribution in [0.2, 0.25) is 0 Å². The quantitative estimate of drug-likeness (QED) is 0.825. The van der Waals surface area contributed by atoms with Crippen LogP contribution in [0.15, 0.2) is 29.2 Å². The Hall–Kier alpha value is -1.00. The van der Waals surface area contributed by atoms with Gasteiger partial charge in [0.2, 0.25) is 5.91 Å². The molecule has 0 atom stereocenters. The van der Waals surface area contributed by atoms with Crippen LogP contribution in [0.3, 0.4) is 0 Å². The molecule has 1 heterocycles. The Labute approximate surface area is 113 Å². The molecule has 0 aromatic heterocycles. The molecule has 4 heteroatoms. The van der Waals surface area contributed by atoms with Crippen LogP contribution in [-0.2, 0) is 4.79 Å². The van der Waals surface area contributed by atoms with E-state index in [1.807, 2.05) is 30.5 Å². The lowest BCUT2D eigenvalue weighted by atomic mass is 9.80. The molecule has 1 amide bonds. The van der Waals surface area contributed by atoms with E-state index in [9.17, 15) is 4.79 Å². The first kappa shape index (κ1) is 13.4. The fourth-order valence-corrected chi connectivity index (χ4v) is 2.78. The van der Waals surface area contributed by atoms with Crippen molar-refractivity contribution in [3.8, 4) is 0 Å². The van der Waals surface area contributed by atoms with Crippen molar-refractivity contribution in [2.75, 3.05) is 24.7 Å². The highest BCUT2D eigenvalue weighted by Gasteiger charge is 2.34. The minimum atomic E-state index is -0.239. The van der Waals surface area contributed by atoms with Crippen molar-refractivity contribution in [2.45, 2.75) is 24.7 Å². The van der Waals surface area contributed by atoms with Crippen molar-refractivity contribution in [3.63, 3.8) is 0 Å². The molecular formula is C14H20N2OS. The van der Waals surface area contributed by atoms with Gasteiger partial charge in [-0.05, 0) is 44.3 Å². The molecule has 1 aromatic rings. The van der Waals surface area contributed by atoms with Gasteiger partial charge >= 0.3 is 0 Å². The second-order valence-corrected chi connectivity index (χ2v) is 5.81. The fourth-order valence-electron chi connectivity index (χ4n) is 2.23. The number of anilines is 1. The summed E-state index contributed by atoms with van der Waals surface area (Å²) in [6.07, 6.45) is 3.83. The van der Waals surface area contributed by atoms with E-state index in [1.165, 1.54) is 0 Å². The number of thioether (sulfide) groups is 1. The number of benzene rings is 1. The smallest absolute Gasteiger partial charge is 0.230 e. The predicted molar refractivity (Wildman–Crippen MR) is 77.1 cm³/mol. The third-order valence-electron chi connectivity index (χ3n) is 3.61. The van der Waals surface area contributed by atoms with Gasteiger partial charge in [0.05, 0.1) is 5.69 Å². The lowest BCUT2D eigenvalue weighted by Crippen LogP contribution is -2.42. The number of amides is 1. The summed E-state index contributed by atoms with van der Waals surface area (Å²) in [5.74, 6) is 0.144. The zero-order valence-corrected chi connectivity index (χ0v) is 11.8. The average Bonchev–Trinajstić information content (AvgIpc) is 2.40. The van der Waals surface area contributed by atoms with Crippen LogP contribution >= 0.6 is 11.8 Å². The van der Waals surface area contributed by atoms with Crippen LogP contribution in [-0.4, -0.2) is 25.3 Å². The van der Waals surface area contributed by atoms with E-state index in [0.717, 1.165) is 36.5 Å². The Bertz CT molecular complexity index is 428. The van der Waals surface area contributed by atoms with Gasteiger partial charge in [-0.1, -0.05) is 19.1 Å². The number of hydrogen-bond acceptors (Lipinski definition) is 3. The van der Waals surface area contributed by atoms with Gasteiger partial charge in [0, 0.05) is 10.3 Å². The lowest BCUT2D eigenvalue weighted by molar-refractivity contribution is -0.126. The number of para-hydroxylation sites is 1. The summed E-state index contributed by atoms with van der Waals surface area (Å²) in [6.45, 7) is 3.91. The van der Waals surface area contributed by atoms with E-state index >= 15 is 0 Å². The Morgan fingerprint density at radius 2 is 2.00 bits per heavy atom. The number of rotatable bonds is 3. The molecule has 1 saturated heterocycles. The SMILES string of the molecule is CSc1ccccc1NC(=O)C1(C)CCNCC1. The molecule has 0 spiro atoms. The van der Waals surface area contributed by atoms with E-state index in [-0.39, 0.29) is 11.3 Å². The molecule has 3 nitrogen and oxygen atoms in total. The van der Waals surface area contributed by atoms with Gasteiger partial charge in [-0.2, -0.15) is 0 Å². The highest BCUT2D eigenvalue weighted by molar-refractivity contribution is 7.98. The standard InChI is InChI=1S/C14H20N2OS/c1-14(7-9-15-10-8-14)13(17)16-11-5-3-4-6-12(11)18-2/h3-6,15H,7-10H2,1-2H3,(H,16,17). The summed E-state index contributed by atoms with van der Waals surface area (Å²) in [5, 5.41) is 6.38. The molecule has 0 bridgehead atoms. The number of carbonyl (C=O) groups is 1. The monoisotopic (exact) mass is 264 g/mol. The maximum Gasteiger partial charge on any atom is 0.230 e. The Morgan fingerprint density at radius 1 is 1.33 bits per heavy atom. The van der Waals surface area contributed by atoms with Crippen LogP contribution in [0.4, 0.5) is 5.69 Å². The van der Waals surface area contributed by atoms with Crippen molar-refractivity contribution in [2.24, 2.45) is 5.41 Å². The number of nitrogens with one attached hydrogen (secondary N) is 2. The van der Waals surface area contributed by atoms with E-state index in [0.29, 0.717) is 0 Å². The van der Waals surface area contributed by atoms with Gasteiger partial charge in [0.15, 0.2) is 0 Å². The molecule has 2 rings (SSSR count). The van der Waals surface area contributed by atoms with E-state index < -0.39 is 0 Å². The molecule has 1 aromatic carbocycles. The first-order valence-corrected chi connectivity index (χ1v) is 7.53. The van der Waals surface area contributed by atoms with Crippen molar-refractivity contribution < 1.29 is 4.79 Å². The summed E-state index contributed by atoms with van der Waals surface area (Å²) in [6, 6.07) is 7.95. The van der Waals surface area contributed by atoms with Crippen LogP contribution in [0, 0.1) is 5.41 Å². The molecule has 1 fully saturated rings. The number of piperidine rings is 1. The minimum Gasteiger partial charge on any atom is -0.325 e. The predicted octanol–water partition coefficient (Wildman–Crippen LogP) is 2.74. The van der Waals surface area contributed by atoms with Crippen LogP contribution in [0.1, 0.15) is 19.8 Å².